The highest BCUT2D eigenvalue weighted by Crippen LogP contribution is 2.27. The fourth-order valence-electron chi connectivity index (χ4n) is 2.55. The molecule has 1 aromatic carbocycles. The van der Waals surface area contributed by atoms with Gasteiger partial charge in [0.15, 0.2) is 0 Å². The molecule has 0 radical (unpaired) electrons. The van der Waals surface area contributed by atoms with E-state index in [1.807, 2.05) is 25.1 Å². The molecule has 1 aliphatic heterocycles. The van der Waals surface area contributed by atoms with Crippen LogP contribution in [0, 0.1) is 6.92 Å². The zero-order valence-electron chi connectivity index (χ0n) is 11.9. The molecule has 6 heteroatoms. The number of nitrogens with zero attached hydrogens (tertiary/aromatic N) is 2. The first kappa shape index (κ1) is 13.4. The van der Waals surface area contributed by atoms with E-state index in [2.05, 4.69) is 10.3 Å². The molecular weight excluding hydrogens is 268 g/mol. The van der Waals surface area contributed by atoms with Crippen molar-refractivity contribution >= 4 is 34.1 Å². The predicted molar refractivity (Wildman–Crippen MR) is 80.7 cm³/mol. The lowest BCUT2D eigenvalue weighted by Gasteiger charge is -2.15. The standard InChI is InChI=1S/C15H16N4O2/c1-8-5-12(10-6-9(16)3-4-11(10)17-8)18-13-7-14(20)19(2)15(13)21/h3-6,13H,7,16H2,1-2H3,(H,17,18). The third kappa shape index (κ3) is 2.29. The Morgan fingerprint density at radius 1 is 1.33 bits per heavy atom. The number of likely N-dealkylation sites (N-methyl/N-ethyl adjacent to an activating group) is 1. The Hall–Kier alpha value is -2.63. The number of pyridine rings is 1. The summed E-state index contributed by atoms with van der Waals surface area (Å²) in [5.41, 5.74) is 8.86. The summed E-state index contributed by atoms with van der Waals surface area (Å²) in [4.78, 5) is 29.2. The van der Waals surface area contributed by atoms with Gasteiger partial charge in [-0.15, -0.1) is 0 Å². The molecule has 6 nitrogen and oxygen atoms in total. The van der Waals surface area contributed by atoms with Gasteiger partial charge >= 0.3 is 0 Å². The van der Waals surface area contributed by atoms with E-state index in [4.69, 9.17) is 5.73 Å². The average molecular weight is 284 g/mol. The maximum absolute atomic E-state index is 12.0. The number of nitrogens with two attached hydrogens (primary N) is 1. The monoisotopic (exact) mass is 284 g/mol. The van der Waals surface area contributed by atoms with Gasteiger partial charge in [-0.2, -0.15) is 0 Å². The van der Waals surface area contributed by atoms with E-state index in [1.54, 1.807) is 6.07 Å². The van der Waals surface area contributed by atoms with Crippen LogP contribution in [0.25, 0.3) is 10.9 Å². The van der Waals surface area contributed by atoms with Crippen molar-refractivity contribution < 1.29 is 9.59 Å². The minimum atomic E-state index is -0.533. The minimum Gasteiger partial charge on any atom is -0.399 e. The maximum atomic E-state index is 12.0. The molecule has 2 amide bonds. The number of nitrogens with one attached hydrogen (secondary N) is 1. The number of hydrogen-bond donors (Lipinski definition) is 2. The number of benzene rings is 1. The maximum Gasteiger partial charge on any atom is 0.251 e. The molecule has 3 N–H and O–H groups in total. The van der Waals surface area contributed by atoms with Gasteiger partial charge in [0.2, 0.25) is 5.91 Å². The van der Waals surface area contributed by atoms with Crippen molar-refractivity contribution in [2.24, 2.45) is 0 Å². The average Bonchev–Trinajstić information content (AvgIpc) is 2.67. The van der Waals surface area contributed by atoms with Crippen LogP contribution in [-0.4, -0.2) is 34.8 Å². The first-order chi connectivity index (χ1) is 9.95. The first-order valence-electron chi connectivity index (χ1n) is 6.69. The zero-order chi connectivity index (χ0) is 15.1. The Bertz CT molecular complexity index is 757. The highest BCUT2D eigenvalue weighted by molar-refractivity contribution is 6.07. The summed E-state index contributed by atoms with van der Waals surface area (Å²) >= 11 is 0. The van der Waals surface area contributed by atoms with E-state index in [0.717, 1.165) is 27.2 Å². The molecule has 3 rings (SSSR count). The van der Waals surface area contributed by atoms with Crippen LogP contribution in [0.3, 0.4) is 0 Å². The summed E-state index contributed by atoms with van der Waals surface area (Å²) in [6, 6.07) is 6.77. The van der Waals surface area contributed by atoms with Crippen LogP contribution in [0.2, 0.25) is 0 Å². The van der Waals surface area contributed by atoms with Crippen LogP contribution in [-0.2, 0) is 9.59 Å². The number of aryl methyl sites for hydroxylation is 1. The number of carbonyl (C=O) groups excluding carboxylic acids is 2. The molecule has 0 saturated carbocycles. The molecule has 1 aliphatic rings. The van der Waals surface area contributed by atoms with Gasteiger partial charge in [0.05, 0.1) is 11.9 Å². The summed E-state index contributed by atoms with van der Waals surface area (Å²) in [6.45, 7) is 1.88. The lowest BCUT2D eigenvalue weighted by Crippen LogP contribution is -2.31. The minimum absolute atomic E-state index is 0.167. The Labute approximate surface area is 121 Å². The Balaban J connectivity index is 2.02. The summed E-state index contributed by atoms with van der Waals surface area (Å²) < 4.78 is 0. The molecule has 1 fully saturated rings. The number of aromatic nitrogens is 1. The van der Waals surface area contributed by atoms with Gasteiger partial charge in [0.25, 0.3) is 5.91 Å². The molecule has 1 atom stereocenters. The van der Waals surface area contributed by atoms with E-state index >= 15 is 0 Å². The van der Waals surface area contributed by atoms with Gasteiger partial charge in [0.1, 0.15) is 6.04 Å². The first-order valence-corrected chi connectivity index (χ1v) is 6.69. The van der Waals surface area contributed by atoms with Crippen LogP contribution >= 0.6 is 0 Å². The van der Waals surface area contributed by atoms with Gasteiger partial charge < -0.3 is 11.1 Å². The van der Waals surface area contributed by atoms with E-state index in [1.165, 1.54) is 7.05 Å². The topological polar surface area (TPSA) is 88.3 Å². The molecule has 1 aromatic heterocycles. The van der Waals surface area contributed by atoms with Crippen molar-refractivity contribution in [3.05, 3.63) is 30.0 Å². The number of hydrogen-bond acceptors (Lipinski definition) is 5. The highest BCUT2D eigenvalue weighted by atomic mass is 16.2. The summed E-state index contributed by atoms with van der Waals surface area (Å²) in [7, 11) is 1.50. The number of amides is 2. The normalized spacial score (nSPS) is 18.6. The molecule has 1 saturated heterocycles. The van der Waals surface area contributed by atoms with E-state index in [9.17, 15) is 9.59 Å². The third-order valence-electron chi connectivity index (χ3n) is 3.67. The highest BCUT2D eigenvalue weighted by Gasteiger charge is 2.36. The van der Waals surface area contributed by atoms with Crippen LogP contribution < -0.4 is 11.1 Å². The van der Waals surface area contributed by atoms with Crippen LogP contribution in [0.4, 0.5) is 11.4 Å². The SMILES string of the molecule is Cc1cc(NC2CC(=O)N(C)C2=O)c2cc(N)ccc2n1. The number of imide groups is 1. The molecule has 0 spiro atoms. The molecule has 2 aromatic rings. The molecule has 0 aliphatic carbocycles. The van der Waals surface area contributed by atoms with Gasteiger partial charge in [-0.05, 0) is 31.2 Å². The Morgan fingerprint density at radius 3 is 2.76 bits per heavy atom. The van der Waals surface area contributed by atoms with Crippen molar-refractivity contribution in [3.8, 4) is 0 Å². The van der Waals surface area contributed by atoms with E-state index in [-0.39, 0.29) is 18.2 Å². The van der Waals surface area contributed by atoms with E-state index < -0.39 is 6.04 Å². The van der Waals surface area contributed by atoms with Gasteiger partial charge in [-0.25, -0.2) is 0 Å². The van der Waals surface area contributed by atoms with Crippen LogP contribution in [0.5, 0.6) is 0 Å². The largest absolute Gasteiger partial charge is 0.399 e. The van der Waals surface area contributed by atoms with Gasteiger partial charge in [0, 0.05) is 29.5 Å². The molecule has 0 bridgehead atoms. The number of carbonyl (C=O) groups is 2. The lowest BCUT2D eigenvalue weighted by molar-refractivity contribution is -0.136. The van der Waals surface area contributed by atoms with Crippen molar-refractivity contribution in [3.63, 3.8) is 0 Å². The summed E-state index contributed by atoms with van der Waals surface area (Å²) in [6.07, 6.45) is 0.167. The van der Waals surface area contributed by atoms with Crippen molar-refractivity contribution in [2.75, 3.05) is 18.1 Å². The molecule has 1 unspecified atom stereocenters. The number of fused-ring (bicyclic) bond motifs is 1. The third-order valence-corrected chi connectivity index (χ3v) is 3.67. The molecule has 2 heterocycles. The summed E-state index contributed by atoms with van der Waals surface area (Å²) in [5.74, 6) is -0.390. The molecule has 21 heavy (non-hydrogen) atoms. The van der Waals surface area contributed by atoms with E-state index in [0.29, 0.717) is 5.69 Å². The number of likely N-dealkylation sites (tertiary alicyclic amines) is 1. The Kier molecular flexibility index (Phi) is 3.01. The second-order valence-electron chi connectivity index (χ2n) is 5.28. The van der Waals surface area contributed by atoms with Crippen LogP contribution in [0.1, 0.15) is 12.1 Å². The molecule has 108 valence electrons. The number of rotatable bonds is 2. The zero-order valence-corrected chi connectivity index (χ0v) is 11.9. The quantitative estimate of drug-likeness (QED) is 0.641. The molecular formula is C15H16N4O2. The fourth-order valence-corrected chi connectivity index (χ4v) is 2.55. The van der Waals surface area contributed by atoms with Gasteiger partial charge in [-0.1, -0.05) is 0 Å². The van der Waals surface area contributed by atoms with Crippen LogP contribution in [0.15, 0.2) is 24.3 Å². The second kappa shape index (κ2) is 4.73. The number of anilines is 2. The van der Waals surface area contributed by atoms with Crippen molar-refractivity contribution in [2.45, 2.75) is 19.4 Å². The Morgan fingerprint density at radius 2 is 2.10 bits per heavy atom. The number of nitrogen functional groups attached to an aromatic ring is 1. The predicted octanol–water partition coefficient (Wildman–Crippen LogP) is 1.29. The second-order valence-corrected chi connectivity index (χ2v) is 5.28. The summed E-state index contributed by atoms with van der Waals surface area (Å²) in [5, 5.41) is 4.00. The fraction of sp³-hybridized carbons (Fsp3) is 0.267. The smallest absolute Gasteiger partial charge is 0.251 e. The van der Waals surface area contributed by atoms with Crippen molar-refractivity contribution in [1.82, 2.24) is 9.88 Å². The lowest BCUT2D eigenvalue weighted by atomic mass is 10.1. The van der Waals surface area contributed by atoms with Crippen molar-refractivity contribution in [1.29, 1.82) is 0 Å². The van der Waals surface area contributed by atoms with Gasteiger partial charge in [-0.3, -0.25) is 19.5 Å².